The number of aromatic nitrogens is 4. The molecule has 4 rings (SSSR count). The Bertz CT molecular complexity index is 1100. The molecule has 0 aliphatic heterocycles. The monoisotopic (exact) mass is 372 g/mol. The summed E-state index contributed by atoms with van der Waals surface area (Å²) in [5.74, 6) is 2.04. The Balaban J connectivity index is 1.76. The molecule has 0 radical (unpaired) electrons. The second-order valence-electron chi connectivity index (χ2n) is 6.76. The number of hydrogen-bond acceptors (Lipinski definition) is 5. The van der Waals surface area contributed by atoms with Crippen LogP contribution in [0.25, 0.3) is 22.3 Å². The highest BCUT2D eigenvalue weighted by Gasteiger charge is 2.17. The molecule has 0 aliphatic rings. The van der Waals surface area contributed by atoms with Gasteiger partial charge in [-0.1, -0.05) is 55.5 Å². The standard InChI is InChI=1S/C22H24N6/c1-3-18-26-21(28-22(27-18)24-13-15-8-5-4-6-9-15)19-14(2)25-20-16(12-23)10-7-11-17(19)20/h4-11,25H,3,12-13,23H2,1-2H3,(H,24,26,27,28). The number of aromatic amines is 1. The van der Waals surface area contributed by atoms with E-state index in [1.807, 2.05) is 37.3 Å². The number of anilines is 1. The zero-order chi connectivity index (χ0) is 19.5. The van der Waals surface area contributed by atoms with E-state index in [0.29, 0.717) is 24.9 Å². The maximum Gasteiger partial charge on any atom is 0.226 e. The van der Waals surface area contributed by atoms with Crippen LogP contribution >= 0.6 is 0 Å². The van der Waals surface area contributed by atoms with E-state index in [-0.39, 0.29) is 0 Å². The van der Waals surface area contributed by atoms with Crippen molar-refractivity contribution in [2.75, 3.05) is 5.32 Å². The van der Waals surface area contributed by atoms with Crippen LogP contribution in [-0.2, 0) is 19.5 Å². The molecule has 6 heteroatoms. The Morgan fingerprint density at radius 1 is 1.00 bits per heavy atom. The molecule has 0 amide bonds. The predicted octanol–water partition coefficient (Wildman–Crippen LogP) is 3.96. The van der Waals surface area contributed by atoms with Crippen molar-refractivity contribution < 1.29 is 0 Å². The number of nitrogens with zero attached hydrogens (tertiary/aromatic N) is 3. The molecule has 142 valence electrons. The number of rotatable bonds is 6. The first-order chi connectivity index (χ1) is 13.7. The molecular weight excluding hydrogens is 348 g/mol. The summed E-state index contributed by atoms with van der Waals surface area (Å²) in [6, 6.07) is 16.4. The Hall–Kier alpha value is -3.25. The van der Waals surface area contributed by atoms with E-state index >= 15 is 0 Å². The average Bonchev–Trinajstić information content (AvgIpc) is 3.08. The van der Waals surface area contributed by atoms with Crippen molar-refractivity contribution in [3.63, 3.8) is 0 Å². The van der Waals surface area contributed by atoms with Gasteiger partial charge in [-0.3, -0.25) is 0 Å². The summed E-state index contributed by atoms with van der Waals surface area (Å²) in [6.07, 6.45) is 0.741. The van der Waals surface area contributed by atoms with E-state index in [1.165, 1.54) is 5.56 Å². The van der Waals surface area contributed by atoms with Gasteiger partial charge in [0.1, 0.15) is 5.82 Å². The fraction of sp³-hybridized carbons (Fsp3) is 0.227. The first-order valence-electron chi connectivity index (χ1n) is 9.53. The van der Waals surface area contributed by atoms with Gasteiger partial charge in [0.15, 0.2) is 5.82 Å². The van der Waals surface area contributed by atoms with Gasteiger partial charge in [-0.05, 0) is 18.1 Å². The number of hydrogen-bond donors (Lipinski definition) is 3. The van der Waals surface area contributed by atoms with Crippen molar-refractivity contribution in [2.24, 2.45) is 5.73 Å². The van der Waals surface area contributed by atoms with Crippen molar-refractivity contribution in [1.29, 1.82) is 0 Å². The highest BCUT2D eigenvalue weighted by molar-refractivity contribution is 5.97. The highest BCUT2D eigenvalue weighted by Crippen LogP contribution is 2.32. The third-order valence-electron chi connectivity index (χ3n) is 4.84. The van der Waals surface area contributed by atoms with Crippen molar-refractivity contribution in [1.82, 2.24) is 19.9 Å². The molecule has 0 saturated heterocycles. The second kappa shape index (κ2) is 7.78. The summed E-state index contributed by atoms with van der Waals surface area (Å²) in [7, 11) is 0. The molecule has 2 aromatic carbocycles. The van der Waals surface area contributed by atoms with Gasteiger partial charge in [-0.25, -0.2) is 4.98 Å². The third kappa shape index (κ3) is 3.46. The lowest BCUT2D eigenvalue weighted by Crippen LogP contribution is -2.08. The molecule has 6 nitrogen and oxygen atoms in total. The lowest BCUT2D eigenvalue weighted by atomic mass is 10.1. The Kier molecular flexibility index (Phi) is 5.04. The number of nitrogens with two attached hydrogens (primary N) is 1. The number of H-pyrrole nitrogens is 1. The minimum absolute atomic E-state index is 0.484. The maximum absolute atomic E-state index is 5.91. The van der Waals surface area contributed by atoms with E-state index < -0.39 is 0 Å². The summed E-state index contributed by atoms with van der Waals surface area (Å²) >= 11 is 0. The lowest BCUT2D eigenvalue weighted by Gasteiger charge is -2.09. The van der Waals surface area contributed by atoms with Crippen LogP contribution in [0.3, 0.4) is 0 Å². The van der Waals surface area contributed by atoms with Crippen LogP contribution in [0.2, 0.25) is 0 Å². The zero-order valence-electron chi connectivity index (χ0n) is 16.2. The molecule has 4 aromatic rings. The Labute approximate surface area is 164 Å². The fourth-order valence-electron chi connectivity index (χ4n) is 3.41. The van der Waals surface area contributed by atoms with E-state index in [2.05, 4.69) is 40.4 Å². The maximum atomic E-state index is 5.91. The predicted molar refractivity (Wildman–Crippen MR) is 113 cm³/mol. The molecule has 0 atom stereocenters. The third-order valence-corrected chi connectivity index (χ3v) is 4.84. The summed E-state index contributed by atoms with van der Waals surface area (Å²) < 4.78 is 0. The van der Waals surface area contributed by atoms with E-state index in [0.717, 1.165) is 40.0 Å². The summed E-state index contributed by atoms with van der Waals surface area (Å²) in [4.78, 5) is 17.4. The van der Waals surface area contributed by atoms with Crippen LogP contribution in [0.15, 0.2) is 48.5 Å². The fourth-order valence-corrected chi connectivity index (χ4v) is 3.41. The molecule has 4 N–H and O–H groups in total. The molecule has 0 spiro atoms. The molecule has 0 aliphatic carbocycles. The summed E-state index contributed by atoms with van der Waals surface area (Å²) in [5.41, 5.74) is 11.3. The molecular formula is C22H24N6. The van der Waals surface area contributed by atoms with E-state index in [1.54, 1.807) is 0 Å². The molecule has 0 unspecified atom stereocenters. The van der Waals surface area contributed by atoms with Gasteiger partial charge in [0.25, 0.3) is 0 Å². The van der Waals surface area contributed by atoms with Crippen LogP contribution in [0.5, 0.6) is 0 Å². The first-order valence-corrected chi connectivity index (χ1v) is 9.53. The average molecular weight is 372 g/mol. The number of benzene rings is 2. The van der Waals surface area contributed by atoms with Crippen molar-refractivity contribution in [3.05, 3.63) is 71.2 Å². The van der Waals surface area contributed by atoms with Crippen LogP contribution in [0.4, 0.5) is 5.95 Å². The molecule has 0 fully saturated rings. The quantitative estimate of drug-likeness (QED) is 0.476. The largest absolute Gasteiger partial charge is 0.358 e. The van der Waals surface area contributed by atoms with Crippen LogP contribution in [-0.4, -0.2) is 19.9 Å². The zero-order valence-corrected chi connectivity index (χ0v) is 16.2. The molecule has 28 heavy (non-hydrogen) atoms. The van der Waals surface area contributed by atoms with Gasteiger partial charge in [-0.2, -0.15) is 9.97 Å². The van der Waals surface area contributed by atoms with Gasteiger partial charge in [0.2, 0.25) is 5.95 Å². The smallest absolute Gasteiger partial charge is 0.226 e. The van der Waals surface area contributed by atoms with Gasteiger partial charge in [-0.15, -0.1) is 0 Å². The number of para-hydroxylation sites is 1. The number of aryl methyl sites for hydroxylation is 2. The number of nitrogens with one attached hydrogen (secondary N) is 2. The molecule has 0 saturated carbocycles. The Morgan fingerprint density at radius 3 is 2.57 bits per heavy atom. The van der Waals surface area contributed by atoms with Crippen molar-refractivity contribution in [3.8, 4) is 11.4 Å². The number of fused-ring (bicyclic) bond motifs is 1. The van der Waals surface area contributed by atoms with Gasteiger partial charge in [0.05, 0.1) is 5.52 Å². The van der Waals surface area contributed by atoms with Crippen LogP contribution in [0, 0.1) is 6.92 Å². The minimum atomic E-state index is 0.484. The van der Waals surface area contributed by atoms with E-state index in [4.69, 9.17) is 15.7 Å². The first kappa shape index (κ1) is 18.1. The van der Waals surface area contributed by atoms with Gasteiger partial charge >= 0.3 is 0 Å². The summed E-state index contributed by atoms with van der Waals surface area (Å²) in [5, 5.41) is 4.42. The SMILES string of the molecule is CCc1nc(NCc2ccccc2)nc(-c2c(C)[nH]c3c(CN)cccc23)n1. The lowest BCUT2D eigenvalue weighted by molar-refractivity contribution is 0.896. The van der Waals surface area contributed by atoms with Crippen molar-refractivity contribution >= 4 is 16.9 Å². The Morgan fingerprint density at radius 2 is 1.82 bits per heavy atom. The minimum Gasteiger partial charge on any atom is -0.358 e. The van der Waals surface area contributed by atoms with E-state index in [9.17, 15) is 0 Å². The van der Waals surface area contributed by atoms with Crippen molar-refractivity contribution in [2.45, 2.75) is 33.4 Å². The molecule has 2 aromatic heterocycles. The second-order valence-corrected chi connectivity index (χ2v) is 6.76. The molecule has 2 heterocycles. The van der Waals surface area contributed by atoms with Crippen LogP contribution in [0.1, 0.15) is 29.6 Å². The normalized spacial score (nSPS) is 11.1. The highest BCUT2D eigenvalue weighted by atomic mass is 15.2. The van der Waals surface area contributed by atoms with Gasteiger partial charge < -0.3 is 16.0 Å². The summed E-state index contributed by atoms with van der Waals surface area (Å²) in [6.45, 7) is 5.24. The van der Waals surface area contributed by atoms with Gasteiger partial charge in [0, 0.05) is 36.2 Å². The topological polar surface area (TPSA) is 92.5 Å². The molecule has 0 bridgehead atoms. The van der Waals surface area contributed by atoms with Crippen LogP contribution < -0.4 is 11.1 Å².